The molecule has 0 aromatic rings. The molecule has 5 heteroatoms. The van der Waals surface area contributed by atoms with Crippen molar-refractivity contribution in [2.75, 3.05) is 0 Å². The van der Waals surface area contributed by atoms with E-state index >= 15 is 0 Å². The van der Waals surface area contributed by atoms with Crippen molar-refractivity contribution in [1.82, 2.24) is 0 Å². The molecule has 50 valence electrons. The van der Waals surface area contributed by atoms with E-state index in [-0.39, 0.29) is 0 Å². The molecule has 0 radical (unpaired) electrons. The van der Waals surface area contributed by atoms with Crippen molar-refractivity contribution in [1.29, 1.82) is 0 Å². The molecule has 0 aliphatic carbocycles. The van der Waals surface area contributed by atoms with E-state index in [4.69, 9.17) is 11.6 Å². The van der Waals surface area contributed by atoms with Crippen molar-refractivity contribution in [3.8, 4) is 0 Å². The van der Waals surface area contributed by atoms with Gasteiger partial charge in [-0.3, -0.25) is 0 Å². The molecule has 2 aliphatic heterocycles. The van der Waals surface area contributed by atoms with Crippen molar-refractivity contribution in [2.24, 2.45) is 20.0 Å². The molecule has 0 aromatic carbocycles. The lowest BCUT2D eigenvalue weighted by Crippen LogP contribution is -2.30. The molecule has 2 rings (SSSR count). The van der Waals surface area contributed by atoms with E-state index in [1.165, 1.54) is 18.9 Å². The molecule has 0 amide bonds. The summed E-state index contributed by atoms with van der Waals surface area (Å²) in [4.78, 5) is 14.4. The molecule has 0 saturated heterocycles. The second-order valence-corrected chi connectivity index (χ2v) is 2.47. The number of hydrogen-bond donors (Lipinski definition) is 0. The van der Waals surface area contributed by atoms with Gasteiger partial charge < -0.3 is 0 Å². The van der Waals surface area contributed by atoms with Crippen LogP contribution in [0.2, 0.25) is 0 Å². The third-order valence-corrected chi connectivity index (χ3v) is 1.60. The molecule has 0 spiro atoms. The molecule has 0 saturated carbocycles. The lowest BCUT2D eigenvalue weighted by molar-refractivity contribution is 1.07. The van der Waals surface area contributed by atoms with Gasteiger partial charge in [0.25, 0.3) is 0 Å². The van der Waals surface area contributed by atoms with Crippen molar-refractivity contribution in [3.05, 3.63) is 0 Å². The molecule has 2 heterocycles. The average molecular weight is 155 g/mol. The topological polar surface area (TPSA) is 49.4 Å². The Morgan fingerprint density at radius 1 is 1.40 bits per heavy atom. The normalized spacial score (nSPS) is 34.3. The Labute approximate surface area is 62.1 Å². The maximum absolute atomic E-state index is 5.88. The molecule has 1 unspecified atom stereocenters. The summed E-state index contributed by atoms with van der Waals surface area (Å²) in [7, 11) is 0. The summed E-state index contributed by atoms with van der Waals surface area (Å²) in [5.74, 6) is 0.490. The Kier molecular flexibility index (Phi) is 0.990. The van der Waals surface area contributed by atoms with E-state index in [1.54, 1.807) is 0 Å². The Morgan fingerprint density at radius 3 is 3.10 bits per heavy atom. The van der Waals surface area contributed by atoms with Crippen LogP contribution in [0.1, 0.15) is 0 Å². The van der Waals surface area contributed by atoms with E-state index in [2.05, 4.69) is 20.0 Å². The minimum absolute atomic E-state index is 0.490. The quantitative estimate of drug-likeness (QED) is 0.360. The molecule has 0 N–H and O–H groups in total. The van der Waals surface area contributed by atoms with Crippen LogP contribution in [0.3, 0.4) is 0 Å². The first-order valence-electron chi connectivity index (χ1n) is 2.69. The highest BCUT2D eigenvalue weighted by molar-refractivity contribution is 6.47. The highest BCUT2D eigenvalue weighted by Crippen LogP contribution is 2.22. The maximum Gasteiger partial charge on any atom is 0.229 e. The Balaban J connectivity index is 2.51. The number of hydrogen-bond acceptors (Lipinski definition) is 4. The first-order chi connectivity index (χ1) is 4.81. The van der Waals surface area contributed by atoms with Gasteiger partial charge in [0, 0.05) is 0 Å². The SMILES string of the molecule is ClC12C=NC=NC1=NC=N2. The smallest absolute Gasteiger partial charge is 0.229 e. The second kappa shape index (κ2) is 1.73. The summed E-state index contributed by atoms with van der Waals surface area (Å²) < 4.78 is 0. The number of halogens is 1. The fraction of sp³-hybridized carbons (Fsp3) is 0.200. The number of fused-ring (bicyclic) bond motifs is 1. The molecule has 0 bridgehead atoms. The van der Waals surface area contributed by atoms with E-state index in [0.29, 0.717) is 5.84 Å². The van der Waals surface area contributed by atoms with Gasteiger partial charge in [-0.1, -0.05) is 11.6 Å². The van der Waals surface area contributed by atoms with Crippen LogP contribution in [-0.4, -0.2) is 29.7 Å². The highest BCUT2D eigenvalue weighted by atomic mass is 35.5. The third-order valence-electron chi connectivity index (χ3n) is 1.23. The first kappa shape index (κ1) is 5.73. The van der Waals surface area contributed by atoms with Crippen LogP contribution in [-0.2, 0) is 0 Å². The van der Waals surface area contributed by atoms with E-state index in [1.807, 2.05) is 0 Å². The Morgan fingerprint density at radius 2 is 2.30 bits per heavy atom. The van der Waals surface area contributed by atoms with E-state index in [0.717, 1.165) is 0 Å². The van der Waals surface area contributed by atoms with Crippen molar-refractivity contribution >= 4 is 36.3 Å². The van der Waals surface area contributed by atoms with Crippen LogP contribution in [0, 0.1) is 0 Å². The van der Waals surface area contributed by atoms with Crippen molar-refractivity contribution in [2.45, 2.75) is 5.00 Å². The zero-order valence-electron chi connectivity index (χ0n) is 4.90. The fourth-order valence-electron chi connectivity index (χ4n) is 0.751. The van der Waals surface area contributed by atoms with Gasteiger partial charge in [-0.05, 0) is 0 Å². The molecule has 0 aromatic heterocycles. The second-order valence-electron chi connectivity index (χ2n) is 1.89. The molecule has 4 nitrogen and oxygen atoms in total. The van der Waals surface area contributed by atoms with Gasteiger partial charge in [-0.25, -0.2) is 20.0 Å². The minimum Gasteiger partial charge on any atom is -0.245 e. The van der Waals surface area contributed by atoms with Crippen LogP contribution < -0.4 is 0 Å². The molecule has 10 heavy (non-hydrogen) atoms. The monoisotopic (exact) mass is 154 g/mol. The zero-order chi connectivity index (χ0) is 7.03. The number of amidine groups is 1. The van der Waals surface area contributed by atoms with Crippen molar-refractivity contribution in [3.63, 3.8) is 0 Å². The summed E-state index contributed by atoms with van der Waals surface area (Å²) in [6.45, 7) is 0. The molecular weight excluding hydrogens is 152 g/mol. The average Bonchev–Trinajstić information content (AvgIpc) is 2.29. The number of rotatable bonds is 0. The first-order valence-corrected chi connectivity index (χ1v) is 3.07. The van der Waals surface area contributed by atoms with Gasteiger partial charge in [-0.2, -0.15) is 0 Å². The van der Waals surface area contributed by atoms with Crippen LogP contribution in [0.25, 0.3) is 0 Å². The molecule has 0 fully saturated rings. The summed E-state index contributed by atoms with van der Waals surface area (Å²) >= 11 is 5.88. The van der Waals surface area contributed by atoms with Gasteiger partial charge in [0.15, 0.2) is 5.84 Å². The third kappa shape index (κ3) is 0.623. The Bertz CT molecular complexity index is 277. The lowest BCUT2D eigenvalue weighted by atomic mass is 10.3. The fourth-order valence-corrected chi connectivity index (χ4v) is 0.948. The summed E-state index contributed by atoms with van der Waals surface area (Å²) in [5, 5.41) is 0. The summed E-state index contributed by atoms with van der Waals surface area (Å²) in [6.07, 6.45) is 4.29. The highest BCUT2D eigenvalue weighted by Gasteiger charge is 2.34. The van der Waals surface area contributed by atoms with E-state index in [9.17, 15) is 0 Å². The van der Waals surface area contributed by atoms with Gasteiger partial charge in [-0.15, -0.1) is 0 Å². The number of alkyl halides is 1. The summed E-state index contributed by atoms with van der Waals surface area (Å²) in [5.41, 5.74) is 0. The standard InChI is InChI=1S/C5H3ClN4/c6-5-1-7-2-8-4(5)9-3-10-5/h1-3H. The van der Waals surface area contributed by atoms with Crippen molar-refractivity contribution < 1.29 is 0 Å². The summed E-state index contributed by atoms with van der Waals surface area (Å²) in [6, 6.07) is 0. The molecule has 1 atom stereocenters. The van der Waals surface area contributed by atoms with Crippen LogP contribution in [0.15, 0.2) is 20.0 Å². The van der Waals surface area contributed by atoms with Gasteiger partial charge >= 0.3 is 0 Å². The van der Waals surface area contributed by atoms with Crippen LogP contribution >= 0.6 is 11.6 Å². The van der Waals surface area contributed by atoms with Gasteiger partial charge in [0.1, 0.15) is 12.7 Å². The maximum atomic E-state index is 5.88. The minimum atomic E-state index is -0.908. The van der Waals surface area contributed by atoms with Gasteiger partial charge in [0.2, 0.25) is 5.00 Å². The van der Waals surface area contributed by atoms with E-state index < -0.39 is 5.00 Å². The largest absolute Gasteiger partial charge is 0.245 e. The molecule has 2 aliphatic rings. The number of nitrogens with zero attached hydrogens (tertiary/aromatic N) is 4. The predicted molar refractivity (Wildman–Crippen MR) is 41.5 cm³/mol. The van der Waals surface area contributed by atoms with Gasteiger partial charge in [0.05, 0.1) is 6.21 Å². The lowest BCUT2D eigenvalue weighted by Gasteiger charge is -2.12. The van der Waals surface area contributed by atoms with Crippen LogP contribution in [0.4, 0.5) is 0 Å². The Hall–Kier alpha value is -1.03. The zero-order valence-corrected chi connectivity index (χ0v) is 5.65. The predicted octanol–water partition coefficient (Wildman–Crippen LogP) is 0.475. The number of aliphatic imine (C=N–C) groups is 4. The molecular formula is C5H3ClN4. The van der Waals surface area contributed by atoms with Crippen LogP contribution in [0.5, 0.6) is 0 Å².